The lowest BCUT2D eigenvalue weighted by atomic mass is 10.0. The average Bonchev–Trinajstić information content (AvgIpc) is 2.81. The highest BCUT2D eigenvalue weighted by molar-refractivity contribution is 7.85. The molecule has 0 aromatic heterocycles. The summed E-state index contributed by atoms with van der Waals surface area (Å²) < 4.78 is 67.9. The Hall–Kier alpha value is -3.09. The summed E-state index contributed by atoms with van der Waals surface area (Å²) in [6, 6.07) is 13.4. The van der Waals surface area contributed by atoms with Crippen LogP contribution in [0.3, 0.4) is 0 Å². The number of azide groups is 1. The standard InChI is InChI=1S/C21H23F2N3O7S/c1-34(29,30)33-13-17(27)19(31-12-15-8-4-2-5-9-15)21(22,23)18(25-26-24)14-32-20(28)16-10-6-3-7-11-16/h2-11,17-19,27H,12-14H2,1H3/t17-,18+,19-/m1/s1. The van der Waals surface area contributed by atoms with Crippen molar-refractivity contribution < 1.29 is 40.8 Å². The van der Waals surface area contributed by atoms with Crippen LogP contribution in [0.1, 0.15) is 15.9 Å². The zero-order chi connectivity index (χ0) is 25.2. The van der Waals surface area contributed by atoms with Crippen LogP contribution in [0.2, 0.25) is 0 Å². The Labute approximate surface area is 194 Å². The molecular weight excluding hydrogens is 476 g/mol. The fraction of sp³-hybridized carbons (Fsp3) is 0.381. The Bertz CT molecular complexity index is 1080. The Balaban J connectivity index is 2.24. The van der Waals surface area contributed by atoms with Crippen molar-refractivity contribution in [1.82, 2.24) is 0 Å². The molecule has 0 bridgehead atoms. The van der Waals surface area contributed by atoms with Gasteiger partial charge in [0.15, 0.2) is 0 Å². The predicted molar refractivity (Wildman–Crippen MR) is 116 cm³/mol. The molecule has 34 heavy (non-hydrogen) atoms. The maximum Gasteiger partial charge on any atom is 0.338 e. The van der Waals surface area contributed by atoms with Gasteiger partial charge in [-0.2, -0.15) is 8.42 Å². The number of aliphatic hydroxyl groups excluding tert-OH is 1. The number of hydrogen-bond donors (Lipinski definition) is 1. The van der Waals surface area contributed by atoms with Gasteiger partial charge < -0.3 is 14.6 Å². The van der Waals surface area contributed by atoms with Crippen LogP contribution >= 0.6 is 0 Å². The molecule has 0 saturated carbocycles. The fourth-order valence-corrected chi connectivity index (χ4v) is 3.19. The molecule has 184 valence electrons. The Morgan fingerprint density at radius 2 is 1.71 bits per heavy atom. The van der Waals surface area contributed by atoms with E-state index < -0.39 is 53.5 Å². The van der Waals surface area contributed by atoms with E-state index in [1.54, 1.807) is 48.5 Å². The zero-order valence-electron chi connectivity index (χ0n) is 18.0. The largest absolute Gasteiger partial charge is 0.461 e. The molecule has 0 heterocycles. The first kappa shape index (κ1) is 27.2. The normalized spacial score (nSPS) is 14.5. The molecule has 0 fully saturated rings. The number of aliphatic hydroxyl groups is 1. The maximum atomic E-state index is 15.4. The number of carbonyl (C=O) groups is 1. The molecule has 0 aliphatic heterocycles. The number of alkyl halides is 2. The highest BCUT2D eigenvalue weighted by atomic mass is 32.2. The van der Waals surface area contributed by atoms with Crippen molar-refractivity contribution in [2.75, 3.05) is 19.5 Å². The molecule has 13 heteroatoms. The molecule has 0 unspecified atom stereocenters. The quantitative estimate of drug-likeness (QED) is 0.146. The van der Waals surface area contributed by atoms with Gasteiger partial charge >= 0.3 is 5.97 Å². The molecule has 2 aromatic rings. The SMILES string of the molecule is CS(=O)(=O)OC[C@@H](O)[C@@H](OCc1ccccc1)C(F)(F)[C@H](COC(=O)c1ccccc1)N=[N+]=[N-]. The van der Waals surface area contributed by atoms with Crippen molar-refractivity contribution >= 4 is 16.1 Å². The summed E-state index contributed by atoms with van der Waals surface area (Å²) in [5, 5.41) is 13.4. The number of hydrogen-bond acceptors (Lipinski definition) is 8. The third-order valence-electron chi connectivity index (χ3n) is 4.47. The number of benzene rings is 2. The van der Waals surface area contributed by atoms with Gasteiger partial charge in [-0.05, 0) is 23.2 Å². The smallest absolute Gasteiger partial charge is 0.338 e. The van der Waals surface area contributed by atoms with Gasteiger partial charge in [-0.1, -0.05) is 53.6 Å². The number of nitrogens with zero attached hydrogens (tertiary/aromatic N) is 3. The van der Waals surface area contributed by atoms with E-state index >= 15 is 8.78 Å². The van der Waals surface area contributed by atoms with Crippen LogP contribution in [-0.4, -0.2) is 63.1 Å². The molecule has 0 saturated heterocycles. The lowest BCUT2D eigenvalue weighted by Crippen LogP contribution is -2.54. The Morgan fingerprint density at radius 3 is 2.26 bits per heavy atom. The van der Waals surface area contributed by atoms with Crippen molar-refractivity contribution in [2.45, 2.75) is 30.8 Å². The van der Waals surface area contributed by atoms with E-state index in [0.29, 0.717) is 11.8 Å². The molecule has 3 atom stereocenters. The maximum absolute atomic E-state index is 15.4. The molecule has 1 N–H and O–H groups in total. The summed E-state index contributed by atoms with van der Waals surface area (Å²) in [5.41, 5.74) is 9.37. The van der Waals surface area contributed by atoms with E-state index in [0.717, 1.165) is 0 Å². The molecule has 0 aliphatic rings. The van der Waals surface area contributed by atoms with Crippen LogP contribution in [0.5, 0.6) is 0 Å². The fourth-order valence-electron chi connectivity index (χ4n) is 2.81. The van der Waals surface area contributed by atoms with Crippen molar-refractivity contribution in [1.29, 1.82) is 0 Å². The van der Waals surface area contributed by atoms with Crippen LogP contribution in [0.4, 0.5) is 8.78 Å². The summed E-state index contributed by atoms with van der Waals surface area (Å²) in [7, 11) is -4.06. The topological polar surface area (TPSA) is 148 Å². The van der Waals surface area contributed by atoms with Crippen molar-refractivity contribution in [3.63, 3.8) is 0 Å². The van der Waals surface area contributed by atoms with Gasteiger partial charge in [0.05, 0.1) is 25.0 Å². The van der Waals surface area contributed by atoms with Gasteiger partial charge in [-0.15, -0.1) is 0 Å². The van der Waals surface area contributed by atoms with E-state index in [4.69, 9.17) is 15.0 Å². The highest BCUT2D eigenvalue weighted by Gasteiger charge is 2.52. The minimum Gasteiger partial charge on any atom is -0.461 e. The van der Waals surface area contributed by atoms with Crippen LogP contribution in [0.15, 0.2) is 65.8 Å². The second-order valence-corrected chi connectivity index (χ2v) is 8.78. The molecule has 0 spiro atoms. The predicted octanol–water partition coefficient (Wildman–Crippen LogP) is 3.08. The van der Waals surface area contributed by atoms with Crippen LogP contribution < -0.4 is 0 Å². The van der Waals surface area contributed by atoms with E-state index in [2.05, 4.69) is 14.2 Å². The van der Waals surface area contributed by atoms with Crippen molar-refractivity contribution in [3.05, 3.63) is 82.2 Å². The molecule has 2 rings (SSSR count). The van der Waals surface area contributed by atoms with Crippen LogP contribution in [0, 0.1) is 0 Å². The van der Waals surface area contributed by atoms with Crippen LogP contribution in [-0.2, 0) is 30.4 Å². The number of carbonyl (C=O) groups excluding carboxylic acids is 1. The van der Waals surface area contributed by atoms with Crippen molar-refractivity contribution in [2.24, 2.45) is 5.11 Å². The first-order valence-electron chi connectivity index (χ1n) is 9.86. The van der Waals surface area contributed by atoms with E-state index in [-0.39, 0.29) is 12.2 Å². The van der Waals surface area contributed by atoms with E-state index in [9.17, 15) is 18.3 Å². The number of esters is 1. The highest BCUT2D eigenvalue weighted by Crippen LogP contribution is 2.32. The summed E-state index contributed by atoms with van der Waals surface area (Å²) in [6.45, 7) is -2.46. The number of halogens is 2. The second kappa shape index (κ2) is 12.4. The van der Waals surface area contributed by atoms with Crippen LogP contribution in [0.25, 0.3) is 10.4 Å². The van der Waals surface area contributed by atoms with Gasteiger partial charge in [-0.3, -0.25) is 4.18 Å². The zero-order valence-corrected chi connectivity index (χ0v) is 18.8. The molecule has 10 nitrogen and oxygen atoms in total. The first-order chi connectivity index (χ1) is 16.0. The van der Waals surface area contributed by atoms with Gasteiger partial charge in [0.25, 0.3) is 16.0 Å². The average molecular weight is 499 g/mol. The molecule has 0 aliphatic carbocycles. The third kappa shape index (κ3) is 8.36. The molecule has 0 amide bonds. The molecule has 0 radical (unpaired) electrons. The minimum atomic E-state index is -4.10. The monoisotopic (exact) mass is 499 g/mol. The van der Waals surface area contributed by atoms with Gasteiger partial charge in [0.2, 0.25) is 0 Å². The number of rotatable bonds is 13. The van der Waals surface area contributed by atoms with E-state index in [1.807, 2.05) is 0 Å². The minimum absolute atomic E-state index is 0.0870. The van der Waals surface area contributed by atoms with E-state index in [1.165, 1.54) is 12.1 Å². The number of ether oxygens (including phenoxy) is 2. The lowest BCUT2D eigenvalue weighted by molar-refractivity contribution is -0.200. The van der Waals surface area contributed by atoms with Gasteiger partial charge in [0, 0.05) is 4.91 Å². The molecular formula is C21H23F2N3O7S. The lowest BCUT2D eigenvalue weighted by Gasteiger charge is -2.33. The van der Waals surface area contributed by atoms with Gasteiger partial charge in [0.1, 0.15) is 24.9 Å². The van der Waals surface area contributed by atoms with Gasteiger partial charge in [-0.25, -0.2) is 13.6 Å². The molecule has 2 aromatic carbocycles. The Morgan fingerprint density at radius 1 is 1.12 bits per heavy atom. The summed E-state index contributed by atoms with van der Waals surface area (Å²) in [4.78, 5) is 14.5. The summed E-state index contributed by atoms with van der Waals surface area (Å²) in [6.07, 6.45) is -3.83. The van der Waals surface area contributed by atoms with Crippen molar-refractivity contribution in [3.8, 4) is 0 Å². The summed E-state index contributed by atoms with van der Waals surface area (Å²) in [5.74, 6) is -5.03. The first-order valence-corrected chi connectivity index (χ1v) is 11.7. The third-order valence-corrected chi connectivity index (χ3v) is 5.04. The second-order valence-electron chi connectivity index (χ2n) is 7.13. The summed E-state index contributed by atoms with van der Waals surface area (Å²) >= 11 is 0. The Kier molecular flexibility index (Phi) is 9.90.